The zero-order valence-electron chi connectivity index (χ0n) is 14.4. The van der Waals surface area contributed by atoms with Gasteiger partial charge in [-0.1, -0.05) is 30.3 Å². The lowest BCUT2D eigenvalue weighted by Crippen LogP contribution is -2.41. The number of anilines is 2. The van der Waals surface area contributed by atoms with Gasteiger partial charge >= 0.3 is 0 Å². The van der Waals surface area contributed by atoms with Crippen molar-refractivity contribution in [3.63, 3.8) is 0 Å². The lowest BCUT2D eigenvalue weighted by molar-refractivity contribution is 0.0532. The van der Waals surface area contributed by atoms with E-state index in [4.69, 9.17) is 4.74 Å². The Kier molecular flexibility index (Phi) is 5.60. The van der Waals surface area contributed by atoms with E-state index in [0.717, 1.165) is 30.9 Å². The summed E-state index contributed by atoms with van der Waals surface area (Å²) in [4.78, 5) is 2.25. The zero-order chi connectivity index (χ0) is 17.7. The van der Waals surface area contributed by atoms with E-state index in [9.17, 15) is 8.42 Å². The van der Waals surface area contributed by atoms with Crippen molar-refractivity contribution in [2.75, 3.05) is 35.1 Å². The van der Waals surface area contributed by atoms with E-state index in [0.29, 0.717) is 12.1 Å². The molecule has 1 N–H and O–H groups in total. The molecule has 0 radical (unpaired) electrons. The summed E-state index contributed by atoms with van der Waals surface area (Å²) in [7, 11) is -3.36. The fourth-order valence-electron chi connectivity index (χ4n) is 2.92. The summed E-state index contributed by atoms with van der Waals surface area (Å²) >= 11 is 0. The van der Waals surface area contributed by atoms with E-state index in [-0.39, 0.29) is 11.9 Å². The number of hydrogen-bond donors (Lipinski definition) is 1. The number of benzene rings is 2. The van der Waals surface area contributed by atoms with Crippen LogP contribution in [0.4, 0.5) is 11.4 Å². The van der Waals surface area contributed by atoms with Crippen molar-refractivity contribution in [2.45, 2.75) is 19.4 Å². The molecule has 2 aromatic rings. The summed E-state index contributed by atoms with van der Waals surface area (Å²) in [6.07, 6.45) is 0.713. The maximum absolute atomic E-state index is 12.3. The number of rotatable bonds is 6. The number of morpholine rings is 1. The maximum atomic E-state index is 12.3. The van der Waals surface area contributed by atoms with E-state index >= 15 is 0 Å². The zero-order valence-corrected chi connectivity index (χ0v) is 15.2. The van der Waals surface area contributed by atoms with E-state index in [1.165, 1.54) is 0 Å². The molecule has 3 rings (SSSR count). The van der Waals surface area contributed by atoms with Crippen LogP contribution in [0.15, 0.2) is 54.6 Å². The molecule has 1 heterocycles. The minimum absolute atomic E-state index is 0.0692. The molecule has 0 spiro atoms. The Morgan fingerprint density at radius 1 is 1.12 bits per heavy atom. The Morgan fingerprint density at radius 2 is 1.84 bits per heavy atom. The molecule has 0 amide bonds. The second-order valence-electron chi connectivity index (χ2n) is 6.33. The summed E-state index contributed by atoms with van der Waals surface area (Å²) in [6.45, 7) is 4.48. The van der Waals surface area contributed by atoms with Crippen LogP contribution in [0, 0.1) is 0 Å². The van der Waals surface area contributed by atoms with Gasteiger partial charge in [0.15, 0.2) is 0 Å². The molecule has 1 aliphatic heterocycles. The van der Waals surface area contributed by atoms with Crippen LogP contribution in [0.5, 0.6) is 0 Å². The van der Waals surface area contributed by atoms with Gasteiger partial charge in [0.2, 0.25) is 10.0 Å². The first kappa shape index (κ1) is 17.8. The van der Waals surface area contributed by atoms with Crippen LogP contribution in [-0.2, 0) is 21.2 Å². The highest BCUT2D eigenvalue weighted by molar-refractivity contribution is 7.92. The van der Waals surface area contributed by atoms with Crippen molar-refractivity contribution in [3.8, 4) is 0 Å². The fraction of sp³-hybridized carbons (Fsp3) is 0.368. The van der Waals surface area contributed by atoms with Crippen molar-refractivity contribution < 1.29 is 13.2 Å². The van der Waals surface area contributed by atoms with Crippen LogP contribution in [0.1, 0.15) is 12.5 Å². The van der Waals surface area contributed by atoms with Gasteiger partial charge in [0, 0.05) is 24.5 Å². The molecule has 25 heavy (non-hydrogen) atoms. The molecular formula is C19H24N2O3S. The van der Waals surface area contributed by atoms with Crippen molar-refractivity contribution in [1.29, 1.82) is 0 Å². The van der Waals surface area contributed by atoms with Gasteiger partial charge in [-0.3, -0.25) is 4.72 Å². The topological polar surface area (TPSA) is 58.6 Å². The first-order valence-corrected chi connectivity index (χ1v) is 10.2. The highest BCUT2D eigenvalue weighted by Crippen LogP contribution is 2.21. The smallest absolute Gasteiger partial charge is 0.233 e. The molecular weight excluding hydrogens is 336 g/mol. The van der Waals surface area contributed by atoms with E-state index in [1.54, 1.807) is 0 Å². The van der Waals surface area contributed by atoms with Crippen LogP contribution >= 0.6 is 0 Å². The largest absolute Gasteiger partial charge is 0.375 e. The molecule has 5 nitrogen and oxygen atoms in total. The molecule has 0 saturated carbocycles. The number of aryl methyl sites for hydroxylation is 1. The molecule has 0 aromatic heterocycles. The number of nitrogens with zero attached hydrogens (tertiary/aromatic N) is 1. The number of sulfonamides is 1. The minimum Gasteiger partial charge on any atom is -0.375 e. The van der Waals surface area contributed by atoms with Gasteiger partial charge in [0.25, 0.3) is 0 Å². The predicted molar refractivity (Wildman–Crippen MR) is 102 cm³/mol. The summed E-state index contributed by atoms with van der Waals surface area (Å²) in [5.74, 6) is 0.0692. The summed E-state index contributed by atoms with van der Waals surface area (Å²) in [5.41, 5.74) is 2.70. The summed E-state index contributed by atoms with van der Waals surface area (Å²) < 4.78 is 32.7. The van der Waals surface area contributed by atoms with Gasteiger partial charge in [-0.15, -0.1) is 0 Å². The van der Waals surface area contributed by atoms with Crippen LogP contribution in [0.3, 0.4) is 0 Å². The van der Waals surface area contributed by atoms with Crippen LogP contribution < -0.4 is 9.62 Å². The average molecular weight is 360 g/mol. The minimum atomic E-state index is -3.36. The first-order chi connectivity index (χ1) is 12.0. The number of ether oxygens (including phenoxy) is 1. The first-order valence-electron chi connectivity index (χ1n) is 8.53. The molecule has 1 fully saturated rings. The average Bonchev–Trinajstić information content (AvgIpc) is 2.61. The second kappa shape index (κ2) is 7.89. The van der Waals surface area contributed by atoms with Gasteiger partial charge < -0.3 is 9.64 Å². The fourth-order valence-corrected chi connectivity index (χ4v) is 4.02. The lowest BCUT2D eigenvalue weighted by Gasteiger charge is -2.33. The number of nitrogens with one attached hydrogen (secondary N) is 1. The Hall–Kier alpha value is -2.05. The van der Waals surface area contributed by atoms with Gasteiger partial charge in [0.1, 0.15) is 0 Å². The SMILES string of the molecule is CC1CN(c2ccc(NS(=O)(=O)CCc3ccccc3)cc2)CCO1. The third-order valence-electron chi connectivity index (χ3n) is 4.25. The third kappa shape index (κ3) is 5.21. The molecule has 0 bridgehead atoms. The highest BCUT2D eigenvalue weighted by atomic mass is 32.2. The van der Waals surface area contributed by atoms with E-state index in [1.807, 2.05) is 54.6 Å². The standard InChI is InChI=1S/C19H24N2O3S/c1-16-15-21(12-13-24-16)19-9-7-18(8-10-19)20-25(22,23)14-11-17-5-3-2-4-6-17/h2-10,16,20H,11-15H2,1H3. The van der Waals surface area contributed by atoms with Crippen molar-refractivity contribution >= 4 is 21.4 Å². The highest BCUT2D eigenvalue weighted by Gasteiger charge is 2.17. The summed E-state index contributed by atoms with van der Waals surface area (Å²) in [5, 5.41) is 0. The van der Waals surface area contributed by atoms with E-state index < -0.39 is 10.0 Å². The predicted octanol–water partition coefficient (Wildman–Crippen LogP) is 2.90. The van der Waals surface area contributed by atoms with Crippen LogP contribution in [0.25, 0.3) is 0 Å². The van der Waals surface area contributed by atoms with Crippen LogP contribution in [-0.4, -0.2) is 40.0 Å². The molecule has 1 unspecified atom stereocenters. The van der Waals surface area contributed by atoms with Crippen molar-refractivity contribution in [3.05, 3.63) is 60.2 Å². The Balaban J connectivity index is 1.58. The second-order valence-corrected chi connectivity index (χ2v) is 8.17. The van der Waals surface area contributed by atoms with Crippen molar-refractivity contribution in [2.24, 2.45) is 0 Å². The molecule has 134 valence electrons. The molecule has 0 aliphatic carbocycles. The maximum Gasteiger partial charge on any atom is 0.233 e. The molecule has 1 saturated heterocycles. The normalized spacial score (nSPS) is 18.1. The molecule has 1 aliphatic rings. The van der Waals surface area contributed by atoms with Crippen LogP contribution in [0.2, 0.25) is 0 Å². The van der Waals surface area contributed by atoms with Gasteiger partial charge in [-0.05, 0) is 43.2 Å². The van der Waals surface area contributed by atoms with Gasteiger partial charge in [0.05, 0.1) is 18.5 Å². The Bertz CT molecular complexity index is 776. The monoisotopic (exact) mass is 360 g/mol. The Morgan fingerprint density at radius 3 is 2.52 bits per heavy atom. The molecule has 2 aromatic carbocycles. The van der Waals surface area contributed by atoms with Gasteiger partial charge in [-0.2, -0.15) is 0 Å². The quantitative estimate of drug-likeness (QED) is 0.861. The molecule has 1 atom stereocenters. The van der Waals surface area contributed by atoms with Crippen molar-refractivity contribution in [1.82, 2.24) is 0 Å². The summed E-state index contributed by atoms with van der Waals surface area (Å²) in [6, 6.07) is 17.2. The van der Waals surface area contributed by atoms with E-state index in [2.05, 4.69) is 16.5 Å². The molecule has 6 heteroatoms. The number of hydrogen-bond acceptors (Lipinski definition) is 4. The Labute approximate surface area is 149 Å². The lowest BCUT2D eigenvalue weighted by atomic mass is 10.2. The third-order valence-corrected chi connectivity index (χ3v) is 5.54. The van der Waals surface area contributed by atoms with Gasteiger partial charge in [-0.25, -0.2) is 8.42 Å².